The minimum Gasteiger partial charge on any atom is -0.461 e. The second-order valence-electron chi connectivity index (χ2n) is 8.81. The molecule has 0 aromatic heterocycles. The van der Waals surface area contributed by atoms with Gasteiger partial charge in [-0.3, -0.25) is 4.79 Å². The van der Waals surface area contributed by atoms with Crippen LogP contribution in [0.4, 0.5) is 0 Å². The first-order valence-corrected chi connectivity index (χ1v) is 12.5. The van der Waals surface area contributed by atoms with E-state index < -0.39 is 12.8 Å². The number of carbonyl (C=O) groups is 1. The molecule has 3 rings (SSSR count). The maximum absolute atomic E-state index is 14.4. The van der Waals surface area contributed by atoms with E-state index in [1.54, 1.807) is 6.92 Å². The Bertz CT molecular complexity index is 803. The maximum Gasteiger partial charge on any atom is 0.317 e. The molecule has 0 spiro atoms. The number of carbonyl (C=O) groups excluding carboxylic acids is 1. The molecule has 2 aromatic carbocycles. The third-order valence-corrected chi connectivity index (χ3v) is 9.83. The van der Waals surface area contributed by atoms with Gasteiger partial charge in [-0.15, -0.1) is 0 Å². The van der Waals surface area contributed by atoms with E-state index in [1.807, 2.05) is 60.7 Å². The predicted octanol–water partition coefficient (Wildman–Crippen LogP) is 5.39. The summed E-state index contributed by atoms with van der Waals surface area (Å²) in [7, 11) is -3.17. The van der Waals surface area contributed by atoms with Crippen LogP contribution < -0.4 is 10.6 Å². The molecule has 1 fully saturated rings. The number of ether oxygens (including phenoxy) is 1. The van der Waals surface area contributed by atoms with Crippen molar-refractivity contribution in [3.05, 3.63) is 60.7 Å². The fourth-order valence-corrected chi connectivity index (χ4v) is 7.32. The van der Waals surface area contributed by atoms with Crippen LogP contribution in [-0.4, -0.2) is 17.7 Å². The first kappa shape index (κ1) is 21.8. The van der Waals surface area contributed by atoms with Crippen LogP contribution in [0.5, 0.6) is 0 Å². The Hall–Kier alpha value is -1.86. The van der Waals surface area contributed by atoms with Gasteiger partial charge in [0.2, 0.25) is 0 Å². The molecular weight excluding hydrogens is 379 g/mol. The summed E-state index contributed by atoms with van der Waals surface area (Å²) >= 11 is 0. The van der Waals surface area contributed by atoms with Gasteiger partial charge in [0.05, 0.1) is 0 Å². The topological polar surface area (TPSA) is 43.4 Å². The van der Waals surface area contributed by atoms with Gasteiger partial charge in [-0.1, -0.05) is 87.9 Å². The van der Waals surface area contributed by atoms with Crippen LogP contribution in [0.2, 0.25) is 0 Å². The SMILES string of the molecule is CC(C)[C@@H]1CC[C@@H](C)C[C@H]1OC(=O)[C@@H](C)P(=O)(c1ccccc1)c1ccccc1. The Kier molecular flexibility index (Phi) is 7.01. The smallest absolute Gasteiger partial charge is 0.317 e. The fraction of sp³-hybridized carbons (Fsp3) is 0.480. The number of hydrogen-bond donors (Lipinski definition) is 0. The molecule has 156 valence electrons. The zero-order valence-corrected chi connectivity index (χ0v) is 18.8. The lowest BCUT2D eigenvalue weighted by atomic mass is 9.75. The molecule has 0 radical (unpaired) electrons. The van der Waals surface area contributed by atoms with E-state index in [0.717, 1.165) is 12.8 Å². The van der Waals surface area contributed by atoms with E-state index in [9.17, 15) is 9.36 Å². The molecule has 0 amide bonds. The molecule has 4 atom stereocenters. The molecule has 0 saturated heterocycles. The Balaban J connectivity index is 1.91. The van der Waals surface area contributed by atoms with Gasteiger partial charge >= 0.3 is 5.97 Å². The van der Waals surface area contributed by atoms with Gasteiger partial charge in [0.1, 0.15) is 11.8 Å². The number of rotatable bonds is 6. The van der Waals surface area contributed by atoms with Gasteiger partial charge in [0.25, 0.3) is 0 Å². The van der Waals surface area contributed by atoms with Crippen molar-refractivity contribution >= 4 is 23.7 Å². The summed E-state index contributed by atoms with van der Waals surface area (Å²) in [5.74, 6) is 1.04. The highest BCUT2D eigenvalue weighted by Crippen LogP contribution is 2.49. The average Bonchev–Trinajstić information content (AvgIpc) is 2.73. The Morgan fingerprint density at radius 3 is 1.93 bits per heavy atom. The molecule has 0 unspecified atom stereocenters. The highest BCUT2D eigenvalue weighted by Gasteiger charge is 2.41. The van der Waals surface area contributed by atoms with Crippen LogP contribution in [0.15, 0.2) is 60.7 Å². The largest absolute Gasteiger partial charge is 0.461 e. The quantitative estimate of drug-likeness (QED) is 0.472. The first-order chi connectivity index (χ1) is 13.8. The van der Waals surface area contributed by atoms with Crippen molar-refractivity contribution in [3.8, 4) is 0 Å². The maximum atomic E-state index is 14.4. The predicted molar refractivity (Wildman–Crippen MR) is 120 cm³/mol. The first-order valence-electron chi connectivity index (χ1n) is 10.8. The molecule has 0 bridgehead atoms. The van der Waals surface area contributed by atoms with Gasteiger partial charge < -0.3 is 9.30 Å². The molecule has 29 heavy (non-hydrogen) atoms. The molecule has 1 saturated carbocycles. The van der Waals surface area contributed by atoms with Crippen molar-refractivity contribution in [2.24, 2.45) is 17.8 Å². The summed E-state index contributed by atoms with van der Waals surface area (Å²) < 4.78 is 20.5. The van der Waals surface area contributed by atoms with E-state index in [0.29, 0.717) is 28.4 Å². The summed E-state index contributed by atoms with van der Waals surface area (Å²) in [5.41, 5.74) is -0.725. The van der Waals surface area contributed by atoms with Crippen molar-refractivity contribution in [2.75, 3.05) is 0 Å². The monoisotopic (exact) mass is 412 g/mol. The fourth-order valence-electron chi connectivity index (χ4n) is 4.54. The van der Waals surface area contributed by atoms with Crippen molar-refractivity contribution in [1.82, 2.24) is 0 Å². The molecule has 0 aliphatic heterocycles. The van der Waals surface area contributed by atoms with Crippen LogP contribution in [0.1, 0.15) is 47.0 Å². The van der Waals surface area contributed by atoms with Crippen molar-refractivity contribution in [3.63, 3.8) is 0 Å². The van der Waals surface area contributed by atoms with E-state index >= 15 is 0 Å². The Labute approximate surface area is 175 Å². The highest BCUT2D eigenvalue weighted by molar-refractivity contribution is 7.80. The Morgan fingerprint density at radius 2 is 1.45 bits per heavy atom. The van der Waals surface area contributed by atoms with Gasteiger partial charge in [-0.05, 0) is 37.5 Å². The standard InChI is InChI=1S/C25H33O3P/c1-18(2)23-16-15-19(3)17-24(23)28-25(26)20(4)29(27,21-11-7-5-8-12-21)22-13-9-6-10-14-22/h5-14,18-20,23-24H,15-17H2,1-4H3/t19-,20-,23+,24-/m1/s1. The molecule has 0 N–H and O–H groups in total. The van der Waals surface area contributed by atoms with Crippen LogP contribution >= 0.6 is 7.14 Å². The molecule has 2 aromatic rings. The molecular formula is C25H33O3P. The normalized spacial score (nSPS) is 23.6. The Morgan fingerprint density at radius 1 is 0.931 bits per heavy atom. The second kappa shape index (κ2) is 9.30. The van der Waals surface area contributed by atoms with Gasteiger partial charge in [0.15, 0.2) is 7.14 Å². The third-order valence-electron chi connectivity index (χ3n) is 6.39. The number of benzene rings is 2. The minimum atomic E-state index is -3.17. The minimum absolute atomic E-state index is 0.0892. The average molecular weight is 413 g/mol. The summed E-state index contributed by atoms with van der Waals surface area (Å²) in [6.07, 6.45) is 3.07. The zero-order chi connectivity index (χ0) is 21.0. The number of esters is 1. The molecule has 4 heteroatoms. The summed E-state index contributed by atoms with van der Waals surface area (Å²) in [6, 6.07) is 18.7. The third kappa shape index (κ3) is 4.67. The van der Waals surface area contributed by atoms with E-state index in [2.05, 4.69) is 20.8 Å². The van der Waals surface area contributed by atoms with Crippen LogP contribution in [0, 0.1) is 17.8 Å². The lowest BCUT2D eigenvalue weighted by Crippen LogP contribution is -2.39. The van der Waals surface area contributed by atoms with E-state index in [4.69, 9.17) is 4.74 Å². The summed E-state index contributed by atoms with van der Waals surface area (Å²) in [4.78, 5) is 13.3. The van der Waals surface area contributed by atoms with Crippen LogP contribution in [0.25, 0.3) is 0 Å². The van der Waals surface area contributed by atoms with Gasteiger partial charge in [-0.2, -0.15) is 0 Å². The summed E-state index contributed by atoms with van der Waals surface area (Å²) in [5, 5.41) is 1.40. The van der Waals surface area contributed by atoms with E-state index in [-0.39, 0.29) is 12.1 Å². The van der Waals surface area contributed by atoms with Gasteiger partial charge in [-0.25, -0.2) is 0 Å². The molecule has 1 aliphatic rings. The zero-order valence-electron chi connectivity index (χ0n) is 18.0. The molecule has 0 heterocycles. The number of hydrogen-bond acceptors (Lipinski definition) is 3. The lowest BCUT2D eigenvalue weighted by molar-refractivity contribution is -0.155. The molecule has 1 aliphatic carbocycles. The van der Waals surface area contributed by atoms with E-state index in [1.165, 1.54) is 6.42 Å². The van der Waals surface area contributed by atoms with Crippen LogP contribution in [-0.2, 0) is 14.1 Å². The van der Waals surface area contributed by atoms with Crippen LogP contribution in [0.3, 0.4) is 0 Å². The summed E-state index contributed by atoms with van der Waals surface area (Å²) in [6.45, 7) is 8.38. The highest BCUT2D eigenvalue weighted by atomic mass is 31.2. The van der Waals surface area contributed by atoms with Crippen molar-refractivity contribution in [1.29, 1.82) is 0 Å². The molecule has 3 nitrogen and oxygen atoms in total. The van der Waals surface area contributed by atoms with Crippen molar-refractivity contribution in [2.45, 2.75) is 58.7 Å². The second-order valence-corrected chi connectivity index (χ2v) is 11.9. The van der Waals surface area contributed by atoms with Crippen molar-refractivity contribution < 1.29 is 14.1 Å². The van der Waals surface area contributed by atoms with Gasteiger partial charge in [0, 0.05) is 10.6 Å². The lowest BCUT2D eigenvalue weighted by Gasteiger charge is -2.37.